The minimum absolute atomic E-state index is 0.106. The fourth-order valence-corrected chi connectivity index (χ4v) is 5.17. The van der Waals surface area contributed by atoms with Gasteiger partial charge in [0.2, 0.25) is 0 Å². The lowest BCUT2D eigenvalue weighted by Crippen LogP contribution is -2.38. The van der Waals surface area contributed by atoms with Crippen molar-refractivity contribution in [3.8, 4) is 0 Å². The molecule has 1 N–H and O–H groups in total. The Kier molecular flexibility index (Phi) is 3.12. The predicted molar refractivity (Wildman–Crippen MR) is 90.5 cm³/mol. The van der Waals surface area contributed by atoms with Crippen molar-refractivity contribution in [3.63, 3.8) is 0 Å². The van der Waals surface area contributed by atoms with Gasteiger partial charge in [-0.3, -0.25) is 0 Å². The Bertz CT molecular complexity index is 774. The molecular formula is C20H22FNO3. The Morgan fingerprint density at radius 2 is 2.04 bits per heavy atom. The third-order valence-corrected chi connectivity index (χ3v) is 6.63. The summed E-state index contributed by atoms with van der Waals surface area (Å²) in [5.74, 6) is -0.207. The molecule has 2 heterocycles. The molecule has 0 spiro atoms. The highest BCUT2D eigenvalue weighted by molar-refractivity contribution is 5.82. The van der Waals surface area contributed by atoms with Gasteiger partial charge < -0.3 is 14.8 Å². The Morgan fingerprint density at radius 1 is 1.28 bits per heavy atom. The van der Waals surface area contributed by atoms with Gasteiger partial charge in [0.25, 0.3) is 0 Å². The van der Waals surface area contributed by atoms with E-state index in [1.54, 1.807) is 12.1 Å². The molecule has 132 valence electrons. The number of allylic oxidation sites excluding steroid dienone is 1. The number of rotatable bonds is 2. The molecule has 25 heavy (non-hydrogen) atoms. The number of hydrogen-bond donors (Lipinski definition) is 1. The van der Waals surface area contributed by atoms with Crippen molar-refractivity contribution in [1.82, 2.24) is 0 Å². The smallest absolute Gasteiger partial charge is 0.329 e. The molecule has 2 aliphatic heterocycles. The molecule has 5 rings (SSSR count). The zero-order valence-electron chi connectivity index (χ0n) is 14.4. The third-order valence-electron chi connectivity index (χ3n) is 6.63. The molecule has 1 aromatic rings. The van der Waals surface area contributed by atoms with Gasteiger partial charge in [0.05, 0.1) is 6.10 Å². The number of benzene rings is 1. The van der Waals surface area contributed by atoms with Gasteiger partial charge in [-0.15, -0.1) is 0 Å². The molecule has 2 aliphatic carbocycles. The van der Waals surface area contributed by atoms with Crippen molar-refractivity contribution in [2.75, 3.05) is 5.32 Å². The van der Waals surface area contributed by atoms with Gasteiger partial charge in [-0.25, -0.2) is 9.18 Å². The molecule has 0 bridgehead atoms. The molecule has 1 aromatic carbocycles. The van der Waals surface area contributed by atoms with E-state index in [1.807, 2.05) is 0 Å². The number of anilines is 1. The summed E-state index contributed by atoms with van der Waals surface area (Å²) in [5, 5.41) is 3.28. The second-order valence-electron chi connectivity index (χ2n) is 8.01. The number of epoxide rings is 1. The average molecular weight is 343 g/mol. The Morgan fingerprint density at radius 3 is 2.80 bits per heavy atom. The van der Waals surface area contributed by atoms with Crippen LogP contribution in [-0.4, -0.2) is 29.8 Å². The van der Waals surface area contributed by atoms with Crippen LogP contribution in [-0.2, 0) is 14.3 Å². The van der Waals surface area contributed by atoms with Crippen LogP contribution < -0.4 is 5.32 Å². The van der Waals surface area contributed by atoms with Crippen molar-refractivity contribution < 1.29 is 18.7 Å². The second-order valence-corrected chi connectivity index (χ2v) is 8.01. The van der Waals surface area contributed by atoms with E-state index in [-0.39, 0.29) is 47.5 Å². The molecule has 1 saturated carbocycles. The highest BCUT2D eigenvalue weighted by Crippen LogP contribution is 2.61. The molecule has 0 aromatic heterocycles. The van der Waals surface area contributed by atoms with Crippen molar-refractivity contribution in [3.05, 3.63) is 41.2 Å². The van der Waals surface area contributed by atoms with E-state index in [4.69, 9.17) is 9.47 Å². The number of nitrogens with one attached hydrogen (secondary N) is 1. The van der Waals surface area contributed by atoms with Gasteiger partial charge in [-0.1, -0.05) is 11.1 Å². The van der Waals surface area contributed by atoms with E-state index < -0.39 is 0 Å². The summed E-state index contributed by atoms with van der Waals surface area (Å²) in [6, 6.07) is 5.75. The molecule has 2 saturated heterocycles. The van der Waals surface area contributed by atoms with Crippen LogP contribution in [0.2, 0.25) is 0 Å². The van der Waals surface area contributed by atoms with E-state index in [2.05, 4.69) is 19.2 Å². The van der Waals surface area contributed by atoms with Crippen LogP contribution in [0.5, 0.6) is 0 Å². The Hall–Kier alpha value is -1.88. The fraction of sp³-hybridized carbons (Fsp3) is 0.550. The van der Waals surface area contributed by atoms with Gasteiger partial charge in [-0.05, 0) is 57.4 Å². The minimum Gasteiger partial charge on any atom is -0.460 e. The topological polar surface area (TPSA) is 50.9 Å². The lowest BCUT2D eigenvalue weighted by atomic mass is 9.80. The van der Waals surface area contributed by atoms with Crippen LogP contribution in [0.1, 0.15) is 33.1 Å². The Labute approximate surface area is 146 Å². The van der Waals surface area contributed by atoms with E-state index >= 15 is 0 Å². The molecule has 0 radical (unpaired) electrons. The predicted octanol–water partition coefficient (Wildman–Crippen LogP) is 3.44. The summed E-state index contributed by atoms with van der Waals surface area (Å²) in [6.45, 7) is 4.36. The molecule has 1 unspecified atom stereocenters. The summed E-state index contributed by atoms with van der Waals surface area (Å²) in [5.41, 5.74) is 3.46. The quantitative estimate of drug-likeness (QED) is 0.508. The molecular weight excluding hydrogens is 321 g/mol. The van der Waals surface area contributed by atoms with Crippen molar-refractivity contribution >= 4 is 11.7 Å². The normalized spacial score (nSPS) is 41.6. The summed E-state index contributed by atoms with van der Waals surface area (Å²) >= 11 is 0. The van der Waals surface area contributed by atoms with Crippen LogP contribution in [0.25, 0.3) is 0 Å². The van der Waals surface area contributed by atoms with Crippen molar-refractivity contribution in [2.24, 2.45) is 11.8 Å². The number of ether oxygens (including phenoxy) is 2. The molecule has 0 amide bonds. The van der Waals surface area contributed by atoms with Gasteiger partial charge in [0.1, 0.15) is 23.6 Å². The molecule has 4 nitrogen and oxygen atoms in total. The van der Waals surface area contributed by atoms with Gasteiger partial charge in [0, 0.05) is 17.5 Å². The summed E-state index contributed by atoms with van der Waals surface area (Å²) in [6.07, 6.45) is 3.04. The van der Waals surface area contributed by atoms with Crippen LogP contribution in [0.4, 0.5) is 10.1 Å². The summed E-state index contributed by atoms with van der Waals surface area (Å²) < 4.78 is 25.0. The van der Waals surface area contributed by atoms with Crippen LogP contribution in [0, 0.1) is 17.7 Å². The number of hydrogen-bond acceptors (Lipinski definition) is 4. The number of halogens is 1. The van der Waals surface area contributed by atoms with E-state index in [0.29, 0.717) is 0 Å². The van der Waals surface area contributed by atoms with Gasteiger partial charge >= 0.3 is 5.97 Å². The number of carbonyl (C=O) groups excluding carboxylic acids is 1. The van der Waals surface area contributed by atoms with Gasteiger partial charge in [-0.2, -0.15) is 0 Å². The zero-order valence-corrected chi connectivity index (χ0v) is 14.4. The largest absolute Gasteiger partial charge is 0.460 e. The van der Waals surface area contributed by atoms with Crippen LogP contribution in [0.15, 0.2) is 35.4 Å². The summed E-state index contributed by atoms with van der Waals surface area (Å²) in [7, 11) is 0. The maximum absolute atomic E-state index is 13.1. The van der Waals surface area contributed by atoms with Crippen molar-refractivity contribution in [2.45, 2.75) is 57.0 Å². The van der Waals surface area contributed by atoms with E-state index in [9.17, 15) is 9.18 Å². The Balaban J connectivity index is 1.45. The first-order valence-electron chi connectivity index (χ1n) is 9.06. The van der Waals surface area contributed by atoms with Crippen LogP contribution >= 0.6 is 0 Å². The summed E-state index contributed by atoms with van der Waals surface area (Å²) in [4.78, 5) is 12.6. The van der Waals surface area contributed by atoms with Crippen molar-refractivity contribution in [1.29, 1.82) is 0 Å². The SMILES string of the molecule is CC1=C2C[C@H]3O[C@]3(C)C2[C@H]2OC(=O)[C@@H](Nc3ccc(F)cc3)[C@@H]2CC1. The molecule has 4 aliphatic rings. The van der Waals surface area contributed by atoms with Gasteiger partial charge in [0.15, 0.2) is 0 Å². The third kappa shape index (κ3) is 2.18. The highest BCUT2D eigenvalue weighted by Gasteiger charge is 2.69. The highest BCUT2D eigenvalue weighted by atomic mass is 19.1. The zero-order chi connectivity index (χ0) is 17.3. The average Bonchev–Trinajstić information content (AvgIpc) is 3.06. The van der Waals surface area contributed by atoms with Crippen LogP contribution in [0.3, 0.4) is 0 Å². The minimum atomic E-state index is -0.385. The lowest BCUT2D eigenvalue weighted by molar-refractivity contribution is -0.144. The van der Waals surface area contributed by atoms with E-state index in [0.717, 1.165) is 24.9 Å². The molecule has 5 heteroatoms. The second kappa shape index (κ2) is 5.07. The maximum atomic E-state index is 13.1. The first-order chi connectivity index (χ1) is 12.0. The lowest BCUT2D eigenvalue weighted by Gasteiger charge is -2.28. The fourth-order valence-electron chi connectivity index (χ4n) is 5.17. The number of fused-ring (bicyclic) bond motifs is 5. The van der Waals surface area contributed by atoms with E-state index in [1.165, 1.54) is 23.3 Å². The maximum Gasteiger partial charge on any atom is 0.329 e. The first-order valence-corrected chi connectivity index (χ1v) is 9.06. The molecule has 6 atom stereocenters. The first kappa shape index (κ1) is 15.4. The molecule has 3 fully saturated rings. The monoisotopic (exact) mass is 343 g/mol. The number of esters is 1. The standard InChI is InChI=1S/C20H22FNO3/c1-10-3-8-13-17(22-12-6-4-11(21)5-7-12)19(23)24-18(13)16-14(10)9-15-20(16,2)25-15/h4-7,13,15-18,22H,3,8-9H2,1-2H3/t13-,15+,16?,17-,18-,20-/m0/s1. The number of carbonyl (C=O) groups is 1.